The third-order valence-electron chi connectivity index (χ3n) is 2.99. The van der Waals surface area contributed by atoms with Crippen molar-refractivity contribution in [2.75, 3.05) is 30.9 Å². The van der Waals surface area contributed by atoms with Crippen LogP contribution in [0.5, 0.6) is 0 Å². The fourth-order valence-electron chi connectivity index (χ4n) is 1.99. The van der Waals surface area contributed by atoms with Crippen LogP contribution in [-0.2, 0) is 4.79 Å². The monoisotopic (exact) mass is 278 g/mol. The summed E-state index contributed by atoms with van der Waals surface area (Å²) in [5.41, 5.74) is 6.49. The van der Waals surface area contributed by atoms with Crippen LogP contribution < -0.4 is 16.0 Å². The number of rotatable bonds is 5. The molecule has 20 heavy (non-hydrogen) atoms. The first-order valence-corrected chi connectivity index (χ1v) is 6.87. The highest BCUT2D eigenvalue weighted by atomic mass is 16.1. The van der Waals surface area contributed by atoms with Gasteiger partial charge in [0.05, 0.1) is 17.8 Å². The summed E-state index contributed by atoms with van der Waals surface area (Å²) in [5, 5.41) is 2.88. The maximum Gasteiger partial charge on any atom is 0.228 e. The summed E-state index contributed by atoms with van der Waals surface area (Å²) in [6.45, 7) is 6.68. The van der Waals surface area contributed by atoms with Gasteiger partial charge >= 0.3 is 0 Å². The van der Waals surface area contributed by atoms with Gasteiger partial charge in [-0.15, -0.1) is 0 Å². The number of anilines is 2. The molecule has 112 valence electrons. The predicted octanol–water partition coefficient (Wildman–Crippen LogP) is 2.10. The molecule has 0 radical (unpaired) electrons. The van der Waals surface area contributed by atoms with E-state index in [9.17, 15) is 4.79 Å². The molecule has 1 rings (SSSR count). The van der Waals surface area contributed by atoms with Crippen molar-refractivity contribution in [3.63, 3.8) is 0 Å². The third-order valence-corrected chi connectivity index (χ3v) is 2.99. The fourth-order valence-corrected chi connectivity index (χ4v) is 1.99. The first-order chi connectivity index (χ1) is 9.23. The second kappa shape index (κ2) is 6.70. The normalized spacial score (nSPS) is 12.9. The molecular formula is C15H26N4O. The number of amides is 1. The highest BCUT2D eigenvalue weighted by Gasteiger charge is 2.23. The van der Waals surface area contributed by atoms with Gasteiger partial charge in [-0.2, -0.15) is 0 Å². The number of carbonyl (C=O) groups excluding carboxylic acids is 1. The van der Waals surface area contributed by atoms with Crippen molar-refractivity contribution in [1.82, 2.24) is 4.98 Å². The highest BCUT2D eigenvalue weighted by molar-refractivity contribution is 5.92. The van der Waals surface area contributed by atoms with Gasteiger partial charge in [-0.25, -0.2) is 4.98 Å². The summed E-state index contributed by atoms with van der Waals surface area (Å²) >= 11 is 0. The van der Waals surface area contributed by atoms with E-state index in [2.05, 4.69) is 31.1 Å². The Morgan fingerprint density at radius 1 is 1.40 bits per heavy atom. The van der Waals surface area contributed by atoms with Crippen molar-refractivity contribution >= 4 is 17.4 Å². The third kappa shape index (κ3) is 5.17. The zero-order valence-electron chi connectivity index (χ0n) is 13.1. The topological polar surface area (TPSA) is 71.2 Å². The molecule has 0 bridgehead atoms. The van der Waals surface area contributed by atoms with Crippen molar-refractivity contribution in [2.24, 2.45) is 17.1 Å². The Kier molecular flexibility index (Phi) is 5.51. The van der Waals surface area contributed by atoms with E-state index in [1.165, 1.54) is 0 Å². The molecule has 1 aromatic rings. The molecule has 1 atom stereocenters. The minimum Gasteiger partial charge on any atom is -0.363 e. The van der Waals surface area contributed by atoms with Gasteiger partial charge in [0.25, 0.3) is 0 Å². The van der Waals surface area contributed by atoms with E-state index < -0.39 is 0 Å². The van der Waals surface area contributed by atoms with E-state index in [0.717, 1.165) is 12.2 Å². The molecule has 0 fully saturated rings. The predicted molar refractivity (Wildman–Crippen MR) is 83.8 cm³/mol. The van der Waals surface area contributed by atoms with Gasteiger partial charge in [-0.1, -0.05) is 20.8 Å². The molecule has 5 nitrogen and oxygen atoms in total. The molecule has 0 aliphatic rings. The average Bonchev–Trinajstić information content (AvgIpc) is 2.35. The van der Waals surface area contributed by atoms with Crippen LogP contribution in [0, 0.1) is 11.3 Å². The van der Waals surface area contributed by atoms with Gasteiger partial charge in [0.15, 0.2) is 0 Å². The van der Waals surface area contributed by atoms with Gasteiger partial charge in [-0.3, -0.25) is 4.79 Å². The van der Waals surface area contributed by atoms with Crippen molar-refractivity contribution in [3.8, 4) is 0 Å². The number of nitrogens with two attached hydrogens (primary N) is 1. The van der Waals surface area contributed by atoms with Crippen LogP contribution in [0.25, 0.3) is 0 Å². The van der Waals surface area contributed by atoms with Crippen LogP contribution >= 0.6 is 0 Å². The molecule has 0 spiro atoms. The summed E-state index contributed by atoms with van der Waals surface area (Å²) in [6.07, 6.45) is 2.43. The van der Waals surface area contributed by atoms with Crippen LogP contribution in [0.3, 0.4) is 0 Å². The molecular weight excluding hydrogens is 252 g/mol. The van der Waals surface area contributed by atoms with Gasteiger partial charge < -0.3 is 16.0 Å². The minimum atomic E-state index is -0.177. The van der Waals surface area contributed by atoms with E-state index >= 15 is 0 Å². The number of carbonyl (C=O) groups is 1. The van der Waals surface area contributed by atoms with E-state index in [1.807, 2.05) is 31.1 Å². The lowest BCUT2D eigenvalue weighted by atomic mass is 9.84. The number of aromatic nitrogens is 1. The summed E-state index contributed by atoms with van der Waals surface area (Å²) in [5.74, 6) is 0.637. The molecule has 0 saturated heterocycles. The zero-order chi connectivity index (χ0) is 15.3. The quantitative estimate of drug-likeness (QED) is 0.865. The molecule has 0 aromatic carbocycles. The molecule has 5 heteroatoms. The Bertz CT molecular complexity index is 434. The number of hydrogen-bond donors (Lipinski definition) is 2. The zero-order valence-corrected chi connectivity index (χ0v) is 13.1. The Balaban J connectivity index is 2.68. The Morgan fingerprint density at radius 3 is 2.45 bits per heavy atom. The Hall–Kier alpha value is -1.62. The van der Waals surface area contributed by atoms with Crippen LogP contribution in [0.4, 0.5) is 11.5 Å². The van der Waals surface area contributed by atoms with Gasteiger partial charge in [0.1, 0.15) is 5.82 Å². The molecule has 0 saturated carbocycles. The standard InChI is InChI=1S/C15H26N4O/c1-15(2,3)8-11(9-16)14(20)18-12-6-7-13(17-10-12)19(4)5/h6-7,10-11H,8-9,16H2,1-5H3,(H,18,20). The maximum absolute atomic E-state index is 12.2. The first kappa shape index (κ1) is 16.4. The molecule has 1 heterocycles. The SMILES string of the molecule is CN(C)c1ccc(NC(=O)C(CN)CC(C)(C)C)cn1. The van der Waals surface area contributed by atoms with Gasteiger partial charge in [0.2, 0.25) is 5.91 Å². The summed E-state index contributed by atoms with van der Waals surface area (Å²) < 4.78 is 0. The molecule has 1 aromatic heterocycles. The van der Waals surface area contributed by atoms with Crippen molar-refractivity contribution < 1.29 is 4.79 Å². The second-order valence-corrected chi connectivity index (χ2v) is 6.49. The van der Waals surface area contributed by atoms with Gasteiger partial charge in [-0.05, 0) is 24.0 Å². The van der Waals surface area contributed by atoms with Crippen LogP contribution in [0.1, 0.15) is 27.2 Å². The Labute approximate surface area is 121 Å². The number of pyridine rings is 1. The average molecular weight is 278 g/mol. The molecule has 1 unspecified atom stereocenters. The van der Waals surface area contributed by atoms with Gasteiger partial charge in [0, 0.05) is 20.6 Å². The van der Waals surface area contributed by atoms with Crippen LogP contribution in [-0.4, -0.2) is 31.5 Å². The molecule has 1 amide bonds. The lowest BCUT2D eigenvalue weighted by Gasteiger charge is -2.24. The van der Waals surface area contributed by atoms with Crippen LogP contribution in [0.15, 0.2) is 18.3 Å². The number of nitrogens with zero attached hydrogens (tertiary/aromatic N) is 2. The number of nitrogens with one attached hydrogen (secondary N) is 1. The lowest BCUT2D eigenvalue weighted by Crippen LogP contribution is -2.32. The largest absolute Gasteiger partial charge is 0.363 e. The molecule has 3 N–H and O–H groups in total. The van der Waals surface area contributed by atoms with E-state index in [4.69, 9.17) is 5.73 Å². The Morgan fingerprint density at radius 2 is 2.05 bits per heavy atom. The van der Waals surface area contributed by atoms with E-state index in [1.54, 1.807) is 6.20 Å². The molecule has 0 aliphatic heterocycles. The van der Waals surface area contributed by atoms with Crippen molar-refractivity contribution in [1.29, 1.82) is 0 Å². The van der Waals surface area contributed by atoms with E-state index in [-0.39, 0.29) is 17.2 Å². The van der Waals surface area contributed by atoms with Crippen molar-refractivity contribution in [3.05, 3.63) is 18.3 Å². The smallest absolute Gasteiger partial charge is 0.228 e. The minimum absolute atomic E-state index is 0.0400. The maximum atomic E-state index is 12.2. The first-order valence-electron chi connectivity index (χ1n) is 6.87. The van der Waals surface area contributed by atoms with Crippen molar-refractivity contribution in [2.45, 2.75) is 27.2 Å². The van der Waals surface area contributed by atoms with Crippen LogP contribution in [0.2, 0.25) is 0 Å². The second-order valence-electron chi connectivity index (χ2n) is 6.49. The fraction of sp³-hybridized carbons (Fsp3) is 0.600. The highest BCUT2D eigenvalue weighted by Crippen LogP contribution is 2.25. The summed E-state index contributed by atoms with van der Waals surface area (Å²) in [4.78, 5) is 18.4. The molecule has 0 aliphatic carbocycles. The van der Waals surface area contributed by atoms with E-state index in [0.29, 0.717) is 12.2 Å². The number of hydrogen-bond acceptors (Lipinski definition) is 4. The summed E-state index contributed by atoms with van der Waals surface area (Å²) in [7, 11) is 3.85. The lowest BCUT2D eigenvalue weighted by molar-refractivity contribution is -0.120. The summed E-state index contributed by atoms with van der Waals surface area (Å²) in [6, 6.07) is 3.72.